The Morgan fingerprint density at radius 2 is 0.881 bits per heavy atom. The predicted molar refractivity (Wildman–Crippen MR) is 172 cm³/mol. The highest BCUT2D eigenvalue weighted by molar-refractivity contribution is 6.15. The highest BCUT2D eigenvalue weighted by Gasteiger charge is 2.19. The molecule has 8 aromatic rings. The molecule has 42 heavy (non-hydrogen) atoms. The van der Waals surface area contributed by atoms with E-state index in [1.54, 1.807) is 0 Å². The molecule has 0 aliphatic rings. The van der Waals surface area contributed by atoms with E-state index in [4.69, 9.17) is 0 Å². The summed E-state index contributed by atoms with van der Waals surface area (Å²) >= 11 is 0. The molecule has 0 saturated heterocycles. The van der Waals surface area contributed by atoms with E-state index < -0.39 is 0 Å². The van der Waals surface area contributed by atoms with Crippen LogP contribution in [0, 0.1) is 0 Å². The van der Waals surface area contributed by atoms with Crippen LogP contribution in [0.3, 0.4) is 0 Å². The Morgan fingerprint density at radius 3 is 1.52 bits per heavy atom. The van der Waals surface area contributed by atoms with Crippen LogP contribution < -0.4 is 0 Å². The molecule has 0 N–H and O–H groups in total. The molecule has 0 saturated carbocycles. The minimum Gasteiger partial charge on any atom is -0.309 e. The summed E-state index contributed by atoms with van der Waals surface area (Å²) in [5, 5.41) is 11.8. The average molecular weight is 539 g/mol. The zero-order chi connectivity index (χ0) is 27.9. The van der Waals surface area contributed by atoms with E-state index in [1.807, 2.05) is 36.4 Å². The topological polar surface area (TPSA) is 35.6 Å². The molecule has 6 aromatic carbocycles. The molecule has 0 aliphatic heterocycles. The van der Waals surface area contributed by atoms with E-state index in [9.17, 15) is 0 Å². The number of aromatic nitrogens is 4. The van der Waals surface area contributed by atoms with Crippen LogP contribution in [0.2, 0.25) is 0 Å². The minimum absolute atomic E-state index is 0.815. The van der Waals surface area contributed by atoms with Crippen molar-refractivity contribution in [3.8, 4) is 45.3 Å². The zero-order valence-corrected chi connectivity index (χ0v) is 22.8. The summed E-state index contributed by atoms with van der Waals surface area (Å²) in [5.74, 6) is 1.63. The van der Waals surface area contributed by atoms with Gasteiger partial charge in [0.15, 0.2) is 11.6 Å². The molecule has 198 valence electrons. The molecule has 2 aromatic heterocycles. The molecule has 0 spiro atoms. The fraction of sp³-hybridized carbons (Fsp3) is 0. The Labute approximate surface area is 243 Å². The van der Waals surface area contributed by atoms with Crippen LogP contribution in [0.15, 0.2) is 158 Å². The summed E-state index contributed by atoms with van der Waals surface area (Å²) in [6.07, 6.45) is 0. The zero-order valence-electron chi connectivity index (χ0n) is 22.8. The van der Waals surface area contributed by atoms with Crippen LogP contribution in [-0.4, -0.2) is 19.3 Å². The van der Waals surface area contributed by atoms with Crippen molar-refractivity contribution in [3.63, 3.8) is 0 Å². The molecular weight excluding hydrogens is 512 g/mol. The summed E-state index contributed by atoms with van der Waals surface area (Å²) in [4.78, 5) is 0. The number of hydrogen-bond donors (Lipinski definition) is 0. The van der Waals surface area contributed by atoms with Crippen molar-refractivity contribution in [2.75, 3.05) is 0 Å². The van der Waals surface area contributed by atoms with E-state index in [0.717, 1.165) is 39.7 Å². The number of para-hydroxylation sites is 2. The molecule has 0 bridgehead atoms. The largest absolute Gasteiger partial charge is 0.309 e. The lowest BCUT2D eigenvalue weighted by Crippen LogP contribution is -2.00. The van der Waals surface area contributed by atoms with Crippen LogP contribution in [0.4, 0.5) is 0 Å². The fourth-order valence-corrected chi connectivity index (χ4v) is 5.98. The molecule has 8 rings (SSSR count). The van der Waals surface area contributed by atoms with Crippen LogP contribution in [0.25, 0.3) is 67.1 Å². The first kappa shape index (κ1) is 24.1. The van der Waals surface area contributed by atoms with Gasteiger partial charge >= 0.3 is 0 Å². The molecule has 2 heterocycles. The van der Waals surface area contributed by atoms with E-state index in [1.165, 1.54) is 27.4 Å². The highest BCUT2D eigenvalue weighted by Crippen LogP contribution is 2.39. The standard InChI is InChI=1S/C38H26N4/c1-4-13-28(14-5-1)37-39-40-38(29-15-6-2-7-16-29)42(37)31-25-23-27(24-26-31)32-20-12-22-35-36(32)33-19-10-11-21-34(33)41(35)30-17-8-3-9-18-30/h1-26H. The predicted octanol–water partition coefficient (Wildman–Crippen LogP) is 9.37. The SMILES string of the molecule is c1ccc(-c2nnc(-c3ccccc3)n2-c2ccc(-c3cccc4c3c3ccccc3n4-c3ccccc3)cc2)cc1. The van der Waals surface area contributed by atoms with Gasteiger partial charge in [0.2, 0.25) is 0 Å². The normalized spacial score (nSPS) is 11.3. The Hall–Kier alpha value is -5.74. The van der Waals surface area contributed by atoms with E-state index >= 15 is 0 Å². The van der Waals surface area contributed by atoms with Crippen LogP contribution in [0.5, 0.6) is 0 Å². The van der Waals surface area contributed by atoms with E-state index in [-0.39, 0.29) is 0 Å². The molecule has 4 nitrogen and oxygen atoms in total. The van der Waals surface area contributed by atoms with Gasteiger partial charge in [-0.25, -0.2) is 0 Å². The number of benzene rings is 6. The summed E-state index contributed by atoms with van der Waals surface area (Å²) in [6.45, 7) is 0. The third kappa shape index (κ3) is 3.93. The smallest absolute Gasteiger partial charge is 0.168 e. The third-order valence-corrected chi connectivity index (χ3v) is 7.88. The quantitative estimate of drug-likeness (QED) is 0.219. The van der Waals surface area contributed by atoms with Crippen molar-refractivity contribution in [1.29, 1.82) is 0 Å². The average Bonchev–Trinajstić information content (AvgIpc) is 3.66. The Balaban J connectivity index is 1.30. The maximum Gasteiger partial charge on any atom is 0.168 e. The van der Waals surface area contributed by atoms with Crippen LogP contribution >= 0.6 is 0 Å². The Bertz CT molecular complexity index is 2100. The molecule has 0 fully saturated rings. The lowest BCUT2D eigenvalue weighted by Gasteiger charge is -2.13. The number of nitrogens with zero attached hydrogens (tertiary/aromatic N) is 4. The Kier molecular flexibility index (Phi) is 5.75. The van der Waals surface area contributed by atoms with Gasteiger partial charge in [-0.05, 0) is 47.5 Å². The lowest BCUT2D eigenvalue weighted by molar-refractivity contribution is 1.07. The monoisotopic (exact) mass is 538 g/mol. The second-order valence-corrected chi connectivity index (χ2v) is 10.3. The highest BCUT2D eigenvalue weighted by atomic mass is 15.3. The second kappa shape index (κ2) is 10.0. The first-order valence-electron chi connectivity index (χ1n) is 14.1. The second-order valence-electron chi connectivity index (χ2n) is 10.3. The Morgan fingerprint density at radius 1 is 0.357 bits per heavy atom. The van der Waals surface area contributed by atoms with Gasteiger partial charge in [-0.2, -0.15) is 0 Å². The lowest BCUT2D eigenvalue weighted by atomic mass is 9.99. The third-order valence-electron chi connectivity index (χ3n) is 7.88. The number of hydrogen-bond acceptors (Lipinski definition) is 2. The van der Waals surface area contributed by atoms with Crippen molar-refractivity contribution in [3.05, 3.63) is 158 Å². The van der Waals surface area contributed by atoms with Gasteiger partial charge in [0.1, 0.15) is 0 Å². The van der Waals surface area contributed by atoms with Gasteiger partial charge in [-0.3, -0.25) is 4.57 Å². The number of fused-ring (bicyclic) bond motifs is 3. The first-order valence-corrected chi connectivity index (χ1v) is 14.1. The summed E-state index contributed by atoms with van der Waals surface area (Å²) < 4.78 is 4.51. The van der Waals surface area contributed by atoms with Crippen LogP contribution in [0.1, 0.15) is 0 Å². The molecular formula is C38H26N4. The maximum atomic E-state index is 4.64. The van der Waals surface area contributed by atoms with Gasteiger partial charge < -0.3 is 4.57 Å². The van der Waals surface area contributed by atoms with Crippen molar-refractivity contribution in [2.24, 2.45) is 0 Å². The van der Waals surface area contributed by atoms with Crippen molar-refractivity contribution >= 4 is 21.8 Å². The minimum atomic E-state index is 0.815. The maximum absolute atomic E-state index is 4.64. The fourth-order valence-electron chi connectivity index (χ4n) is 5.98. The summed E-state index contributed by atoms with van der Waals surface area (Å²) in [6, 6.07) is 55.1. The molecule has 4 heteroatoms. The van der Waals surface area contributed by atoms with E-state index in [2.05, 4.69) is 141 Å². The van der Waals surface area contributed by atoms with Gasteiger partial charge in [-0.1, -0.05) is 121 Å². The molecule has 0 radical (unpaired) electrons. The van der Waals surface area contributed by atoms with Gasteiger partial charge in [-0.15, -0.1) is 10.2 Å². The summed E-state index contributed by atoms with van der Waals surface area (Å²) in [5.41, 5.74) is 8.99. The van der Waals surface area contributed by atoms with Crippen LogP contribution in [-0.2, 0) is 0 Å². The van der Waals surface area contributed by atoms with E-state index in [0.29, 0.717) is 0 Å². The first-order chi connectivity index (χ1) is 20.9. The molecule has 0 atom stereocenters. The molecule has 0 unspecified atom stereocenters. The molecule has 0 amide bonds. The van der Waals surface area contributed by atoms with Gasteiger partial charge in [0.05, 0.1) is 11.0 Å². The number of rotatable bonds is 5. The molecule has 0 aliphatic carbocycles. The van der Waals surface area contributed by atoms with Gasteiger partial charge in [0, 0.05) is 33.3 Å². The van der Waals surface area contributed by atoms with Gasteiger partial charge in [0.25, 0.3) is 0 Å². The van der Waals surface area contributed by atoms with Crippen molar-refractivity contribution in [1.82, 2.24) is 19.3 Å². The van der Waals surface area contributed by atoms with Crippen molar-refractivity contribution < 1.29 is 0 Å². The van der Waals surface area contributed by atoms with Crippen molar-refractivity contribution in [2.45, 2.75) is 0 Å². The summed E-state index contributed by atoms with van der Waals surface area (Å²) in [7, 11) is 0.